The van der Waals surface area contributed by atoms with Gasteiger partial charge in [-0.3, -0.25) is 9.59 Å². The third-order valence-electron chi connectivity index (χ3n) is 2.45. The molecule has 0 aliphatic heterocycles. The van der Waals surface area contributed by atoms with Crippen LogP contribution in [0.15, 0.2) is 36.0 Å². The van der Waals surface area contributed by atoms with Crippen LogP contribution in [0.3, 0.4) is 0 Å². The van der Waals surface area contributed by atoms with Gasteiger partial charge in [0.1, 0.15) is 11.3 Å². The van der Waals surface area contributed by atoms with Crippen molar-refractivity contribution in [1.82, 2.24) is 10.7 Å². The molecule has 0 saturated heterocycles. The number of carbonyl (C=O) groups is 3. The minimum atomic E-state index is -1.15. The number of carboxylic acids is 1. The number of aromatic carboxylic acids is 1. The Hall–Kier alpha value is -3.16. The van der Waals surface area contributed by atoms with Crippen LogP contribution in [-0.2, 0) is 9.59 Å². The molecule has 8 heteroatoms. The molecule has 2 amide bonds. The molecule has 0 unspecified atom stereocenters. The Balaban J connectivity index is 2.72. The van der Waals surface area contributed by atoms with Crippen LogP contribution in [0, 0.1) is 0 Å². The molecule has 8 nitrogen and oxygen atoms in total. The van der Waals surface area contributed by atoms with Gasteiger partial charge in [0, 0.05) is 6.54 Å². The fraction of sp³-hybridized carbons (Fsp3) is 0.143. The van der Waals surface area contributed by atoms with Crippen molar-refractivity contribution in [2.24, 2.45) is 5.10 Å². The minimum Gasteiger partial charge on any atom is -0.496 e. The molecular weight excluding hydrogens is 290 g/mol. The first-order valence-electron chi connectivity index (χ1n) is 6.13. The number of ether oxygens (including phenoxy) is 1. The molecule has 116 valence electrons. The number of hydrogen-bond acceptors (Lipinski definition) is 5. The predicted octanol–water partition coefficient (Wildman–Crippen LogP) is 0.146. The number of carboxylic acid groups (broad SMARTS) is 1. The first-order valence-corrected chi connectivity index (χ1v) is 6.13. The molecule has 0 bridgehead atoms. The van der Waals surface area contributed by atoms with E-state index >= 15 is 0 Å². The molecule has 3 N–H and O–H groups in total. The Bertz CT molecular complexity index is 625. The van der Waals surface area contributed by atoms with Crippen LogP contribution in [0.5, 0.6) is 5.75 Å². The molecule has 0 fully saturated rings. The molecule has 0 aromatic heterocycles. The standard InChI is InChI=1S/C14H15N3O5/c1-3-6-15-12(18)13(19)17-16-8-9-4-5-11(22-2)10(7-9)14(20)21/h3-5,7-8H,1,6H2,2H3,(H,15,18)(H,17,19)(H,20,21)/b16-8-. The van der Waals surface area contributed by atoms with Crippen molar-refractivity contribution in [2.75, 3.05) is 13.7 Å². The molecule has 0 heterocycles. The monoisotopic (exact) mass is 305 g/mol. The van der Waals surface area contributed by atoms with Gasteiger partial charge >= 0.3 is 17.8 Å². The zero-order valence-corrected chi connectivity index (χ0v) is 11.8. The average molecular weight is 305 g/mol. The van der Waals surface area contributed by atoms with E-state index in [0.29, 0.717) is 5.56 Å². The van der Waals surface area contributed by atoms with Crippen LogP contribution in [0.2, 0.25) is 0 Å². The first-order chi connectivity index (χ1) is 10.5. The number of benzene rings is 1. The third kappa shape index (κ3) is 4.75. The van der Waals surface area contributed by atoms with Gasteiger partial charge in [0.25, 0.3) is 0 Å². The van der Waals surface area contributed by atoms with Crippen LogP contribution in [-0.4, -0.2) is 42.8 Å². The van der Waals surface area contributed by atoms with Crippen molar-refractivity contribution in [3.8, 4) is 5.75 Å². The van der Waals surface area contributed by atoms with Gasteiger partial charge in [-0.1, -0.05) is 6.08 Å². The quantitative estimate of drug-likeness (QED) is 0.299. The van der Waals surface area contributed by atoms with E-state index in [0.717, 1.165) is 0 Å². The van der Waals surface area contributed by atoms with Gasteiger partial charge in [0.15, 0.2) is 0 Å². The Morgan fingerprint density at radius 2 is 2.09 bits per heavy atom. The van der Waals surface area contributed by atoms with Crippen molar-refractivity contribution in [3.05, 3.63) is 42.0 Å². The zero-order valence-electron chi connectivity index (χ0n) is 11.8. The van der Waals surface area contributed by atoms with Crippen LogP contribution < -0.4 is 15.5 Å². The van der Waals surface area contributed by atoms with Crippen LogP contribution in [0.25, 0.3) is 0 Å². The molecule has 0 aliphatic rings. The van der Waals surface area contributed by atoms with Crippen LogP contribution in [0.4, 0.5) is 0 Å². The number of amides is 2. The van der Waals surface area contributed by atoms with E-state index in [1.807, 2.05) is 5.43 Å². The molecule has 0 aliphatic carbocycles. The number of nitrogens with one attached hydrogen (secondary N) is 2. The summed E-state index contributed by atoms with van der Waals surface area (Å²) in [6.07, 6.45) is 2.64. The number of methoxy groups -OCH3 is 1. The fourth-order valence-corrected chi connectivity index (χ4v) is 1.43. The predicted molar refractivity (Wildman–Crippen MR) is 78.9 cm³/mol. The number of nitrogens with zero attached hydrogens (tertiary/aromatic N) is 1. The van der Waals surface area contributed by atoms with Gasteiger partial charge < -0.3 is 15.2 Å². The lowest BCUT2D eigenvalue weighted by molar-refractivity contribution is -0.139. The second kappa shape index (κ2) is 8.20. The van der Waals surface area contributed by atoms with E-state index < -0.39 is 17.8 Å². The Kier molecular flexibility index (Phi) is 6.30. The highest BCUT2D eigenvalue weighted by Crippen LogP contribution is 2.18. The lowest BCUT2D eigenvalue weighted by Crippen LogP contribution is -2.37. The summed E-state index contributed by atoms with van der Waals surface area (Å²) < 4.78 is 4.92. The molecule has 0 atom stereocenters. The largest absolute Gasteiger partial charge is 0.496 e. The van der Waals surface area contributed by atoms with E-state index in [1.165, 1.54) is 31.5 Å². The van der Waals surface area contributed by atoms with Gasteiger partial charge in [-0.15, -0.1) is 6.58 Å². The number of hydrazone groups is 1. The van der Waals surface area contributed by atoms with Crippen molar-refractivity contribution in [2.45, 2.75) is 0 Å². The van der Waals surface area contributed by atoms with Crippen molar-refractivity contribution >= 4 is 24.0 Å². The summed E-state index contributed by atoms with van der Waals surface area (Å²) >= 11 is 0. The zero-order chi connectivity index (χ0) is 16.5. The fourth-order valence-electron chi connectivity index (χ4n) is 1.43. The molecule has 0 spiro atoms. The van der Waals surface area contributed by atoms with Crippen LogP contribution >= 0.6 is 0 Å². The number of rotatable bonds is 6. The first kappa shape index (κ1) is 16.9. The Morgan fingerprint density at radius 3 is 2.68 bits per heavy atom. The van der Waals surface area contributed by atoms with E-state index in [-0.39, 0.29) is 17.9 Å². The number of hydrogen-bond donors (Lipinski definition) is 3. The highest BCUT2D eigenvalue weighted by molar-refractivity contribution is 6.35. The second-order valence-corrected chi connectivity index (χ2v) is 3.96. The summed E-state index contributed by atoms with van der Waals surface area (Å²) in [7, 11) is 1.36. The maximum Gasteiger partial charge on any atom is 0.339 e. The Labute approximate surface area is 126 Å². The topological polar surface area (TPSA) is 117 Å². The lowest BCUT2D eigenvalue weighted by atomic mass is 10.1. The molecule has 1 rings (SSSR count). The van der Waals surface area contributed by atoms with Gasteiger partial charge in [0.05, 0.1) is 13.3 Å². The summed E-state index contributed by atoms with van der Waals surface area (Å²) in [6, 6.07) is 4.34. The molecular formula is C14H15N3O5. The normalized spacial score (nSPS) is 10.0. The van der Waals surface area contributed by atoms with Crippen molar-refractivity contribution in [3.63, 3.8) is 0 Å². The summed E-state index contributed by atoms with van der Waals surface area (Å²) in [5.41, 5.74) is 2.40. The molecule has 1 aromatic carbocycles. The summed E-state index contributed by atoms with van der Waals surface area (Å²) in [5.74, 6) is -2.74. The highest BCUT2D eigenvalue weighted by atomic mass is 16.5. The SMILES string of the molecule is C=CCNC(=O)C(=O)N/N=C\c1ccc(OC)c(C(=O)O)c1. The minimum absolute atomic E-state index is 0.0403. The smallest absolute Gasteiger partial charge is 0.339 e. The van der Waals surface area contributed by atoms with E-state index in [9.17, 15) is 14.4 Å². The van der Waals surface area contributed by atoms with E-state index in [1.54, 1.807) is 6.07 Å². The van der Waals surface area contributed by atoms with E-state index in [4.69, 9.17) is 9.84 Å². The van der Waals surface area contributed by atoms with Gasteiger partial charge in [0.2, 0.25) is 0 Å². The van der Waals surface area contributed by atoms with Crippen LogP contribution in [0.1, 0.15) is 15.9 Å². The number of carbonyl (C=O) groups excluding carboxylic acids is 2. The van der Waals surface area contributed by atoms with Gasteiger partial charge in [-0.2, -0.15) is 5.10 Å². The van der Waals surface area contributed by atoms with Crippen molar-refractivity contribution < 1.29 is 24.2 Å². The van der Waals surface area contributed by atoms with Gasteiger partial charge in [-0.05, 0) is 23.8 Å². The summed E-state index contributed by atoms with van der Waals surface area (Å²) in [6.45, 7) is 3.56. The maximum atomic E-state index is 11.3. The molecule has 0 saturated carbocycles. The van der Waals surface area contributed by atoms with E-state index in [2.05, 4.69) is 17.0 Å². The average Bonchev–Trinajstić information content (AvgIpc) is 2.52. The molecule has 1 aromatic rings. The summed E-state index contributed by atoms with van der Waals surface area (Å²) in [5, 5.41) is 14.9. The molecule has 0 radical (unpaired) electrons. The molecule has 22 heavy (non-hydrogen) atoms. The third-order valence-corrected chi connectivity index (χ3v) is 2.45. The summed E-state index contributed by atoms with van der Waals surface area (Å²) in [4.78, 5) is 33.6. The van der Waals surface area contributed by atoms with Crippen molar-refractivity contribution in [1.29, 1.82) is 0 Å². The second-order valence-electron chi connectivity index (χ2n) is 3.96. The Morgan fingerprint density at radius 1 is 1.36 bits per heavy atom. The maximum absolute atomic E-state index is 11.3. The van der Waals surface area contributed by atoms with Gasteiger partial charge in [-0.25, -0.2) is 10.2 Å². The lowest BCUT2D eigenvalue weighted by Gasteiger charge is -2.05. The highest BCUT2D eigenvalue weighted by Gasteiger charge is 2.12.